The summed E-state index contributed by atoms with van der Waals surface area (Å²) in [4.78, 5) is 26.4. The smallest absolute Gasteiger partial charge is 0.250 e. The van der Waals surface area contributed by atoms with Gasteiger partial charge in [0.25, 0.3) is 5.92 Å². The van der Waals surface area contributed by atoms with Crippen LogP contribution in [0.2, 0.25) is 0 Å². The molecular weight excluding hydrogens is 494 g/mol. The lowest BCUT2D eigenvalue weighted by molar-refractivity contribution is -0.0646. The molecule has 2 aromatic carbocycles. The highest BCUT2D eigenvalue weighted by Crippen LogP contribution is 2.46. The van der Waals surface area contributed by atoms with E-state index in [4.69, 9.17) is 0 Å². The molecular formula is C32H38F2N4O. The van der Waals surface area contributed by atoms with Crippen molar-refractivity contribution in [1.82, 2.24) is 9.88 Å². The molecule has 2 fully saturated rings. The average Bonchev–Trinajstić information content (AvgIpc) is 3.32. The SMILES string of the molecule is CCc1cc2c(cc1N1CCC(N3CCC(F)(F)CC3)CC1)C(C)(C)c1[nH]c3cc(C=NC)ccc3c1C2=O. The summed E-state index contributed by atoms with van der Waals surface area (Å²) in [6.07, 6.45) is 4.57. The molecule has 7 heteroatoms. The van der Waals surface area contributed by atoms with Crippen LogP contribution in [0.15, 0.2) is 35.3 Å². The van der Waals surface area contributed by atoms with Gasteiger partial charge in [-0.1, -0.05) is 32.9 Å². The second-order valence-electron chi connectivity index (χ2n) is 12.0. The van der Waals surface area contributed by atoms with E-state index in [0.29, 0.717) is 19.1 Å². The molecule has 1 aliphatic carbocycles. The van der Waals surface area contributed by atoms with Crippen molar-refractivity contribution in [2.75, 3.05) is 38.1 Å². The number of aromatic amines is 1. The van der Waals surface area contributed by atoms with Crippen molar-refractivity contribution in [2.45, 2.75) is 70.3 Å². The molecule has 1 aromatic heterocycles. The van der Waals surface area contributed by atoms with Gasteiger partial charge in [0.15, 0.2) is 5.78 Å². The van der Waals surface area contributed by atoms with Crippen LogP contribution in [0.4, 0.5) is 14.5 Å². The number of hydrogen-bond donors (Lipinski definition) is 1. The van der Waals surface area contributed by atoms with Crippen molar-refractivity contribution in [3.05, 3.63) is 63.8 Å². The minimum absolute atomic E-state index is 0.0234. The summed E-state index contributed by atoms with van der Waals surface area (Å²) in [5.74, 6) is -2.42. The number of aryl methyl sites for hydroxylation is 1. The fourth-order valence-corrected chi connectivity index (χ4v) is 7.02. The van der Waals surface area contributed by atoms with Gasteiger partial charge in [0.1, 0.15) is 0 Å². The number of hydrogen-bond acceptors (Lipinski definition) is 4. The van der Waals surface area contributed by atoms with Crippen LogP contribution in [0.1, 0.15) is 84.8 Å². The summed E-state index contributed by atoms with van der Waals surface area (Å²) in [6, 6.07) is 10.9. The van der Waals surface area contributed by atoms with Crippen molar-refractivity contribution < 1.29 is 13.6 Å². The largest absolute Gasteiger partial charge is 0.371 e. The predicted octanol–water partition coefficient (Wildman–Crippen LogP) is 6.35. The molecule has 206 valence electrons. The van der Waals surface area contributed by atoms with Crippen LogP contribution in [0, 0.1) is 0 Å². The van der Waals surface area contributed by atoms with Gasteiger partial charge in [-0.05, 0) is 54.2 Å². The highest BCUT2D eigenvalue weighted by Gasteiger charge is 2.41. The Morgan fingerprint density at radius 3 is 2.46 bits per heavy atom. The zero-order valence-corrected chi connectivity index (χ0v) is 23.4. The number of aromatic nitrogens is 1. The molecule has 2 saturated heterocycles. The Labute approximate surface area is 229 Å². The van der Waals surface area contributed by atoms with Gasteiger partial charge in [0.2, 0.25) is 0 Å². The normalized spacial score (nSPS) is 21.5. The van der Waals surface area contributed by atoms with Crippen LogP contribution in [0.5, 0.6) is 0 Å². The van der Waals surface area contributed by atoms with Crippen molar-refractivity contribution >= 4 is 28.6 Å². The van der Waals surface area contributed by atoms with Gasteiger partial charge in [-0.2, -0.15) is 0 Å². The minimum Gasteiger partial charge on any atom is -0.371 e. The molecule has 6 rings (SSSR count). The minimum atomic E-state index is -2.50. The summed E-state index contributed by atoms with van der Waals surface area (Å²) < 4.78 is 27.4. The lowest BCUT2D eigenvalue weighted by Crippen LogP contribution is -2.49. The Hall–Kier alpha value is -3.06. The maximum Gasteiger partial charge on any atom is 0.250 e. The van der Waals surface area contributed by atoms with E-state index in [0.717, 1.165) is 71.2 Å². The molecule has 3 aliphatic rings. The van der Waals surface area contributed by atoms with Crippen LogP contribution in [-0.2, 0) is 11.8 Å². The quantitative estimate of drug-likeness (QED) is 0.399. The molecule has 0 radical (unpaired) electrons. The van der Waals surface area contributed by atoms with Crippen LogP contribution < -0.4 is 4.90 Å². The fraction of sp³-hybridized carbons (Fsp3) is 0.500. The third kappa shape index (κ3) is 4.39. The number of rotatable bonds is 4. The number of piperidine rings is 2. The molecule has 0 bridgehead atoms. The highest BCUT2D eigenvalue weighted by molar-refractivity contribution is 6.20. The number of halogens is 2. The van der Waals surface area contributed by atoms with Gasteiger partial charge < -0.3 is 9.88 Å². The summed E-state index contributed by atoms with van der Waals surface area (Å²) in [5.41, 5.74) is 7.62. The number of ketones is 1. The first kappa shape index (κ1) is 26.2. The number of aliphatic imine (C=N–C) groups is 1. The van der Waals surface area contributed by atoms with Crippen LogP contribution >= 0.6 is 0 Å². The number of anilines is 1. The van der Waals surface area contributed by atoms with E-state index in [1.807, 2.05) is 18.3 Å². The maximum atomic E-state index is 14.0. The van der Waals surface area contributed by atoms with E-state index in [1.165, 1.54) is 11.3 Å². The molecule has 3 heterocycles. The number of carbonyl (C=O) groups excluding carboxylic acids is 1. The Balaban J connectivity index is 1.31. The molecule has 39 heavy (non-hydrogen) atoms. The van der Waals surface area contributed by atoms with Crippen molar-refractivity contribution in [1.29, 1.82) is 0 Å². The van der Waals surface area contributed by atoms with E-state index in [9.17, 15) is 13.6 Å². The second-order valence-corrected chi connectivity index (χ2v) is 12.0. The number of nitrogens with zero attached hydrogens (tertiary/aromatic N) is 3. The lowest BCUT2D eigenvalue weighted by Gasteiger charge is -2.43. The molecule has 0 unspecified atom stereocenters. The molecule has 1 N–H and O–H groups in total. The van der Waals surface area contributed by atoms with Gasteiger partial charge in [0.05, 0.1) is 5.56 Å². The summed E-state index contributed by atoms with van der Waals surface area (Å²) >= 11 is 0. The van der Waals surface area contributed by atoms with Crippen molar-refractivity contribution in [3.8, 4) is 0 Å². The monoisotopic (exact) mass is 532 g/mol. The topological polar surface area (TPSA) is 51.7 Å². The molecule has 0 amide bonds. The molecule has 2 aliphatic heterocycles. The summed E-state index contributed by atoms with van der Waals surface area (Å²) in [5, 5.41) is 0.960. The van der Waals surface area contributed by atoms with E-state index in [1.54, 1.807) is 7.05 Å². The van der Waals surface area contributed by atoms with E-state index >= 15 is 0 Å². The number of carbonyl (C=O) groups is 1. The molecule has 0 spiro atoms. The number of benzene rings is 2. The van der Waals surface area contributed by atoms with Crippen molar-refractivity contribution in [2.24, 2.45) is 4.99 Å². The molecule has 3 aromatic rings. The third-order valence-corrected chi connectivity index (χ3v) is 9.32. The Kier molecular flexibility index (Phi) is 6.41. The zero-order chi connectivity index (χ0) is 27.5. The van der Waals surface area contributed by atoms with Gasteiger partial charge in [-0.25, -0.2) is 8.78 Å². The number of likely N-dealkylation sites (tertiary alicyclic amines) is 1. The van der Waals surface area contributed by atoms with E-state index in [-0.39, 0.29) is 24.0 Å². The first-order valence-electron chi connectivity index (χ1n) is 14.3. The number of nitrogens with one attached hydrogen (secondary N) is 1. The summed E-state index contributed by atoms with van der Waals surface area (Å²) in [6.45, 7) is 9.34. The first-order chi connectivity index (χ1) is 18.6. The number of fused-ring (bicyclic) bond motifs is 4. The Bertz CT molecular complexity index is 1450. The average molecular weight is 533 g/mol. The predicted molar refractivity (Wildman–Crippen MR) is 154 cm³/mol. The van der Waals surface area contributed by atoms with Crippen LogP contribution in [-0.4, -0.2) is 67.1 Å². The Morgan fingerprint density at radius 1 is 1.08 bits per heavy atom. The highest BCUT2D eigenvalue weighted by atomic mass is 19.3. The van der Waals surface area contributed by atoms with Crippen LogP contribution in [0.25, 0.3) is 10.9 Å². The van der Waals surface area contributed by atoms with Gasteiger partial charge >= 0.3 is 0 Å². The van der Waals surface area contributed by atoms with E-state index < -0.39 is 5.92 Å². The maximum absolute atomic E-state index is 14.0. The molecule has 5 nitrogen and oxygen atoms in total. The fourth-order valence-electron chi connectivity index (χ4n) is 7.02. The lowest BCUT2D eigenvalue weighted by atomic mass is 9.70. The van der Waals surface area contributed by atoms with Gasteiger partial charge in [-0.15, -0.1) is 0 Å². The summed E-state index contributed by atoms with van der Waals surface area (Å²) in [7, 11) is 1.76. The molecule has 0 saturated carbocycles. The van der Waals surface area contributed by atoms with Crippen molar-refractivity contribution in [3.63, 3.8) is 0 Å². The Morgan fingerprint density at radius 2 is 1.79 bits per heavy atom. The first-order valence-corrected chi connectivity index (χ1v) is 14.3. The van der Waals surface area contributed by atoms with E-state index in [2.05, 4.69) is 58.7 Å². The van der Waals surface area contributed by atoms with Gasteiger partial charge in [-0.3, -0.25) is 14.7 Å². The second kappa shape index (κ2) is 9.54. The third-order valence-electron chi connectivity index (χ3n) is 9.32. The zero-order valence-electron chi connectivity index (χ0n) is 23.4. The van der Waals surface area contributed by atoms with Gasteiger partial charge in [0, 0.05) is 91.6 Å². The molecule has 0 atom stereocenters. The standard InChI is InChI=1S/C32H38F2N4O/c1-5-21-17-24-25(18-27(21)38-12-8-22(9-13-38)37-14-10-32(33,34)11-15-37)31(2,3)30-28(29(24)39)23-7-6-20(19-35-4)16-26(23)36-30/h6-7,16-19,22,36H,5,8-15H2,1-4H3. The number of alkyl halides is 2. The van der Waals surface area contributed by atoms with Crippen LogP contribution in [0.3, 0.4) is 0 Å². The number of H-pyrrole nitrogens is 1.